The molecule has 0 radical (unpaired) electrons. The number of rotatable bonds is 7. The maximum Gasteiger partial charge on any atom is 0.242 e. The molecule has 0 aliphatic heterocycles. The zero-order valence-corrected chi connectivity index (χ0v) is 14.0. The van der Waals surface area contributed by atoms with Crippen LogP contribution < -0.4 is 15.2 Å². The molecule has 0 saturated heterocycles. The van der Waals surface area contributed by atoms with E-state index in [1.807, 2.05) is 0 Å². The quantitative estimate of drug-likeness (QED) is 0.581. The molecule has 0 heterocycles. The van der Waals surface area contributed by atoms with Crippen LogP contribution in [0.15, 0.2) is 27.6 Å². The van der Waals surface area contributed by atoms with Crippen molar-refractivity contribution >= 4 is 41.7 Å². The number of anilines is 1. The van der Waals surface area contributed by atoms with Gasteiger partial charge in [-0.15, -0.1) is 0 Å². The van der Waals surface area contributed by atoms with E-state index in [0.717, 1.165) is 0 Å². The van der Waals surface area contributed by atoms with Crippen LogP contribution in [0.5, 0.6) is 0 Å². The standard InChI is InChI=1S/C10H16BrN3O4S2/c1-2-13-19(15,16)6-5-14-20(17,18)10-7-8(11)3-4-9(10)12/h3-4,7,13-14H,2,5-6,12H2,1H3. The SMILES string of the molecule is CCNS(=O)(=O)CCNS(=O)(=O)c1cc(Br)ccc1N. The van der Waals surface area contributed by atoms with E-state index in [1.165, 1.54) is 12.1 Å². The summed E-state index contributed by atoms with van der Waals surface area (Å²) >= 11 is 3.16. The van der Waals surface area contributed by atoms with Crippen LogP contribution in [0.2, 0.25) is 0 Å². The molecule has 0 amide bonds. The summed E-state index contributed by atoms with van der Waals surface area (Å²) < 4.78 is 51.9. The van der Waals surface area contributed by atoms with Gasteiger partial charge in [0.25, 0.3) is 0 Å². The number of hydrogen-bond acceptors (Lipinski definition) is 5. The van der Waals surface area contributed by atoms with Gasteiger partial charge in [0.1, 0.15) is 4.90 Å². The molecular weight excluding hydrogens is 370 g/mol. The number of halogens is 1. The van der Waals surface area contributed by atoms with E-state index in [4.69, 9.17) is 5.73 Å². The average Bonchev–Trinajstić information content (AvgIpc) is 2.31. The van der Waals surface area contributed by atoms with Gasteiger partial charge in [-0.25, -0.2) is 26.3 Å². The first-order chi connectivity index (χ1) is 9.18. The molecule has 1 aromatic rings. The van der Waals surface area contributed by atoms with Gasteiger partial charge < -0.3 is 5.73 Å². The molecule has 0 aliphatic rings. The van der Waals surface area contributed by atoms with Crippen molar-refractivity contribution in [3.8, 4) is 0 Å². The first-order valence-corrected chi connectivity index (χ1v) is 9.63. The fourth-order valence-electron chi connectivity index (χ4n) is 1.42. The lowest BCUT2D eigenvalue weighted by Gasteiger charge is -2.10. The van der Waals surface area contributed by atoms with Crippen LogP contribution in [0.3, 0.4) is 0 Å². The molecule has 0 bridgehead atoms. The van der Waals surface area contributed by atoms with Gasteiger partial charge in [0, 0.05) is 17.6 Å². The Labute approximate surface area is 127 Å². The maximum absolute atomic E-state index is 12.0. The second-order valence-electron chi connectivity index (χ2n) is 3.90. The highest BCUT2D eigenvalue weighted by Crippen LogP contribution is 2.22. The first kappa shape index (κ1) is 17.4. The van der Waals surface area contributed by atoms with Crippen molar-refractivity contribution in [2.75, 3.05) is 24.6 Å². The molecule has 0 unspecified atom stereocenters. The van der Waals surface area contributed by atoms with Gasteiger partial charge in [-0.1, -0.05) is 22.9 Å². The summed E-state index contributed by atoms with van der Waals surface area (Å²) in [4.78, 5) is -0.0901. The molecule has 0 aromatic heterocycles. The van der Waals surface area contributed by atoms with Crippen molar-refractivity contribution in [1.29, 1.82) is 0 Å². The second kappa shape index (κ2) is 6.85. The predicted molar refractivity (Wildman–Crippen MR) is 81.2 cm³/mol. The predicted octanol–water partition coefficient (Wildman–Crippen LogP) is 0.249. The highest BCUT2D eigenvalue weighted by molar-refractivity contribution is 9.10. The summed E-state index contributed by atoms with van der Waals surface area (Å²) in [6.07, 6.45) is 0. The lowest BCUT2D eigenvalue weighted by atomic mass is 10.3. The third-order valence-corrected chi connectivity index (χ3v) is 5.77. The van der Waals surface area contributed by atoms with Gasteiger partial charge >= 0.3 is 0 Å². The highest BCUT2D eigenvalue weighted by atomic mass is 79.9. The number of nitrogens with one attached hydrogen (secondary N) is 2. The fourth-order valence-corrected chi connectivity index (χ4v) is 4.20. The first-order valence-electron chi connectivity index (χ1n) is 5.70. The lowest BCUT2D eigenvalue weighted by molar-refractivity contribution is 0.577. The van der Waals surface area contributed by atoms with Crippen molar-refractivity contribution in [2.24, 2.45) is 0 Å². The van der Waals surface area contributed by atoms with Crippen LogP contribution >= 0.6 is 15.9 Å². The van der Waals surface area contributed by atoms with Crippen LogP contribution in [0.4, 0.5) is 5.69 Å². The molecule has 1 rings (SSSR count). The summed E-state index contributed by atoms with van der Waals surface area (Å²) in [5, 5.41) is 0. The van der Waals surface area contributed by atoms with Gasteiger partial charge in [0.05, 0.1) is 11.4 Å². The van der Waals surface area contributed by atoms with Crippen LogP contribution in [-0.2, 0) is 20.0 Å². The molecule has 7 nitrogen and oxygen atoms in total. The Morgan fingerprint density at radius 1 is 1.20 bits per heavy atom. The Kier molecular flexibility index (Phi) is 5.95. The van der Waals surface area contributed by atoms with E-state index >= 15 is 0 Å². The van der Waals surface area contributed by atoms with Gasteiger partial charge in [-0.3, -0.25) is 0 Å². The smallest absolute Gasteiger partial charge is 0.242 e. The Morgan fingerprint density at radius 2 is 1.85 bits per heavy atom. The van der Waals surface area contributed by atoms with E-state index in [9.17, 15) is 16.8 Å². The van der Waals surface area contributed by atoms with E-state index in [2.05, 4.69) is 25.4 Å². The Balaban J connectivity index is 2.79. The summed E-state index contributed by atoms with van der Waals surface area (Å²) in [5.41, 5.74) is 5.70. The van der Waals surface area contributed by atoms with Crippen molar-refractivity contribution in [1.82, 2.24) is 9.44 Å². The number of nitrogen functional groups attached to an aromatic ring is 1. The number of benzene rings is 1. The molecular formula is C10H16BrN3O4S2. The van der Waals surface area contributed by atoms with E-state index in [0.29, 0.717) is 4.47 Å². The van der Waals surface area contributed by atoms with Gasteiger partial charge in [-0.05, 0) is 18.2 Å². The average molecular weight is 386 g/mol. The minimum atomic E-state index is -3.85. The second-order valence-corrected chi connectivity index (χ2v) is 8.47. The molecule has 0 atom stereocenters. The monoisotopic (exact) mass is 385 g/mol. The largest absolute Gasteiger partial charge is 0.398 e. The molecule has 0 saturated carbocycles. The molecule has 114 valence electrons. The van der Waals surface area contributed by atoms with Gasteiger partial charge in [-0.2, -0.15) is 0 Å². The zero-order chi connectivity index (χ0) is 15.4. The number of hydrogen-bond donors (Lipinski definition) is 3. The summed E-state index contributed by atoms with van der Waals surface area (Å²) in [5.74, 6) is -0.339. The van der Waals surface area contributed by atoms with Crippen molar-refractivity contribution < 1.29 is 16.8 Å². The van der Waals surface area contributed by atoms with E-state index in [1.54, 1.807) is 13.0 Å². The Morgan fingerprint density at radius 3 is 2.45 bits per heavy atom. The lowest BCUT2D eigenvalue weighted by Crippen LogP contribution is -2.34. The van der Waals surface area contributed by atoms with E-state index in [-0.39, 0.29) is 29.4 Å². The van der Waals surface area contributed by atoms with Crippen LogP contribution in [0.25, 0.3) is 0 Å². The summed E-state index contributed by atoms with van der Waals surface area (Å²) in [6.45, 7) is 1.67. The topological polar surface area (TPSA) is 118 Å². The van der Waals surface area contributed by atoms with Crippen LogP contribution in [0, 0.1) is 0 Å². The molecule has 4 N–H and O–H groups in total. The Bertz CT molecular complexity index is 674. The molecule has 0 aliphatic carbocycles. The molecule has 1 aromatic carbocycles. The number of sulfonamides is 2. The minimum Gasteiger partial charge on any atom is -0.398 e. The van der Waals surface area contributed by atoms with Crippen molar-refractivity contribution in [2.45, 2.75) is 11.8 Å². The minimum absolute atomic E-state index is 0.0901. The maximum atomic E-state index is 12.0. The molecule has 20 heavy (non-hydrogen) atoms. The van der Waals surface area contributed by atoms with Crippen molar-refractivity contribution in [3.63, 3.8) is 0 Å². The third kappa shape index (κ3) is 5.02. The fraction of sp³-hybridized carbons (Fsp3) is 0.400. The van der Waals surface area contributed by atoms with Gasteiger partial charge in [0.2, 0.25) is 20.0 Å². The summed E-state index contributed by atoms with van der Waals surface area (Å²) in [7, 11) is -7.32. The molecule has 0 fully saturated rings. The normalized spacial score (nSPS) is 12.5. The van der Waals surface area contributed by atoms with Crippen molar-refractivity contribution in [3.05, 3.63) is 22.7 Å². The highest BCUT2D eigenvalue weighted by Gasteiger charge is 2.18. The van der Waals surface area contributed by atoms with Crippen LogP contribution in [0.1, 0.15) is 6.92 Å². The Hall–Kier alpha value is -0.680. The van der Waals surface area contributed by atoms with E-state index < -0.39 is 20.0 Å². The number of nitrogens with two attached hydrogens (primary N) is 1. The zero-order valence-electron chi connectivity index (χ0n) is 10.8. The van der Waals surface area contributed by atoms with Crippen LogP contribution in [-0.4, -0.2) is 35.7 Å². The molecule has 10 heteroatoms. The third-order valence-electron chi connectivity index (χ3n) is 2.29. The summed E-state index contributed by atoms with van der Waals surface area (Å²) in [6, 6.07) is 4.43. The van der Waals surface area contributed by atoms with Gasteiger partial charge in [0.15, 0.2) is 0 Å². The molecule has 0 spiro atoms.